The summed E-state index contributed by atoms with van der Waals surface area (Å²) in [6.07, 6.45) is 1.68. The predicted octanol–water partition coefficient (Wildman–Crippen LogP) is 4.48. The van der Waals surface area contributed by atoms with Crippen LogP contribution in [0.5, 0.6) is 0 Å². The van der Waals surface area contributed by atoms with Crippen LogP contribution in [0.15, 0.2) is 42.5 Å². The van der Waals surface area contributed by atoms with Crippen LogP contribution in [0.1, 0.15) is 34.3 Å². The van der Waals surface area contributed by atoms with Crippen molar-refractivity contribution in [2.75, 3.05) is 0 Å². The van der Waals surface area contributed by atoms with E-state index in [2.05, 4.69) is 0 Å². The van der Waals surface area contributed by atoms with E-state index in [4.69, 9.17) is 0 Å². The van der Waals surface area contributed by atoms with Crippen LogP contribution in [0.2, 0.25) is 0 Å². The van der Waals surface area contributed by atoms with Crippen molar-refractivity contribution in [2.24, 2.45) is 0 Å². The average Bonchev–Trinajstić information content (AvgIpc) is 2.44. The minimum atomic E-state index is -0.780. The van der Waals surface area contributed by atoms with Gasteiger partial charge in [0.05, 0.1) is 5.56 Å². The Balaban J connectivity index is 1.97. The van der Waals surface area contributed by atoms with Gasteiger partial charge < -0.3 is 0 Å². The SMILES string of the molecule is Cc1cc(C(=O)CCCc2ccccc2)c(F)cc1F. The lowest BCUT2D eigenvalue weighted by Gasteiger charge is -2.05. The Labute approximate surface area is 117 Å². The summed E-state index contributed by atoms with van der Waals surface area (Å²) in [7, 11) is 0. The number of rotatable bonds is 5. The molecule has 0 aromatic heterocycles. The lowest BCUT2D eigenvalue weighted by molar-refractivity contribution is 0.0976. The average molecular weight is 274 g/mol. The van der Waals surface area contributed by atoms with Crippen LogP contribution in [-0.4, -0.2) is 5.78 Å². The number of carbonyl (C=O) groups excluding carboxylic acids is 1. The molecule has 0 saturated carbocycles. The molecule has 0 aliphatic rings. The van der Waals surface area contributed by atoms with Gasteiger partial charge in [-0.3, -0.25) is 4.79 Å². The number of hydrogen-bond donors (Lipinski definition) is 0. The van der Waals surface area contributed by atoms with E-state index in [1.54, 1.807) is 0 Å². The van der Waals surface area contributed by atoms with E-state index < -0.39 is 11.6 Å². The quantitative estimate of drug-likeness (QED) is 0.735. The molecule has 20 heavy (non-hydrogen) atoms. The molecule has 0 spiro atoms. The van der Waals surface area contributed by atoms with Crippen LogP contribution in [-0.2, 0) is 6.42 Å². The first kappa shape index (κ1) is 14.4. The third kappa shape index (κ3) is 3.50. The van der Waals surface area contributed by atoms with E-state index >= 15 is 0 Å². The first-order valence-electron chi connectivity index (χ1n) is 6.60. The zero-order valence-electron chi connectivity index (χ0n) is 11.3. The molecule has 0 saturated heterocycles. The molecule has 0 amide bonds. The molecule has 1 nitrogen and oxygen atoms in total. The molecular weight excluding hydrogens is 258 g/mol. The van der Waals surface area contributed by atoms with Crippen LogP contribution in [0, 0.1) is 18.6 Å². The molecule has 2 rings (SSSR count). The highest BCUT2D eigenvalue weighted by Gasteiger charge is 2.14. The van der Waals surface area contributed by atoms with Crippen molar-refractivity contribution in [2.45, 2.75) is 26.2 Å². The smallest absolute Gasteiger partial charge is 0.165 e. The molecule has 0 fully saturated rings. The fourth-order valence-corrected chi connectivity index (χ4v) is 2.10. The normalized spacial score (nSPS) is 10.6. The van der Waals surface area contributed by atoms with Crippen LogP contribution in [0.25, 0.3) is 0 Å². The number of Topliss-reactive ketones (excluding diaryl/α,β-unsaturated/α-hetero) is 1. The molecule has 0 unspecified atom stereocenters. The number of carbonyl (C=O) groups is 1. The summed E-state index contributed by atoms with van der Waals surface area (Å²) in [5.41, 5.74) is 1.42. The van der Waals surface area contributed by atoms with E-state index in [0.717, 1.165) is 18.1 Å². The maximum atomic E-state index is 13.6. The Hall–Kier alpha value is -2.03. The number of ketones is 1. The Bertz CT molecular complexity index is 606. The standard InChI is InChI=1S/C17H16F2O/c1-12-10-14(16(19)11-15(12)18)17(20)9-5-8-13-6-3-2-4-7-13/h2-4,6-7,10-11H,5,8-9H2,1H3. The van der Waals surface area contributed by atoms with E-state index in [1.807, 2.05) is 30.3 Å². The molecule has 2 aromatic carbocycles. The predicted molar refractivity (Wildman–Crippen MR) is 74.8 cm³/mol. The highest BCUT2D eigenvalue weighted by molar-refractivity contribution is 5.96. The molecule has 0 atom stereocenters. The summed E-state index contributed by atoms with van der Waals surface area (Å²) >= 11 is 0. The molecular formula is C17H16F2O. The van der Waals surface area contributed by atoms with Crippen molar-refractivity contribution in [3.8, 4) is 0 Å². The summed E-state index contributed by atoms with van der Waals surface area (Å²) in [6.45, 7) is 1.52. The number of halogens is 2. The molecule has 0 radical (unpaired) electrons. The molecule has 2 aromatic rings. The van der Waals surface area contributed by atoms with Gasteiger partial charge in [0.1, 0.15) is 11.6 Å². The number of hydrogen-bond acceptors (Lipinski definition) is 1. The van der Waals surface area contributed by atoms with Crippen molar-refractivity contribution in [3.05, 3.63) is 70.8 Å². The second kappa shape index (κ2) is 6.42. The van der Waals surface area contributed by atoms with Crippen molar-refractivity contribution < 1.29 is 13.6 Å². The van der Waals surface area contributed by atoms with E-state index in [1.165, 1.54) is 13.0 Å². The van der Waals surface area contributed by atoms with Crippen LogP contribution in [0.4, 0.5) is 8.78 Å². The first-order chi connectivity index (χ1) is 9.58. The molecule has 0 aliphatic heterocycles. The monoisotopic (exact) mass is 274 g/mol. The minimum Gasteiger partial charge on any atom is -0.294 e. The van der Waals surface area contributed by atoms with Crippen LogP contribution >= 0.6 is 0 Å². The minimum absolute atomic E-state index is 0.0167. The highest BCUT2D eigenvalue weighted by atomic mass is 19.1. The van der Waals surface area contributed by atoms with Crippen molar-refractivity contribution in [3.63, 3.8) is 0 Å². The van der Waals surface area contributed by atoms with E-state index in [-0.39, 0.29) is 23.3 Å². The summed E-state index contributed by atoms with van der Waals surface area (Å²) in [4.78, 5) is 12.0. The van der Waals surface area contributed by atoms with Crippen LogP contribution < -0.4 is 0 Å². The van der Waals surface area contributed by atoms with Gasteiger partial charge in [0, 0.05) is 12.5 Å². The van der Waals surface area contributed by atoms with Gasteiger partial charge in [0.15, 0.2) is 5.78 Å². The van der Waals surface area contributed by atoms with E-state index in [9.17, 15) is 13.6 Å². The topological polar surface area (TPSA) is 17.1 Å². The zero-order chi connectivity index (χ0) is 14.5. The molecule has 3 heteroatoms. The largest absolute Gasteiger partial charge is 0.294 e. The Morgan fingerprint density at radius 2 is 1.75 bits per heavy atom. The van der Waals surface area contributed by atoms with Crippen molar-refractivity contribution >= 4 is 5.78 Å². The summed E-state index contributed by atoms with van der Waals surface area (Å²) in [5.74, 6) is -1.68. The summed E-state index contributed by atoms with van der Waals surface area (Å²) in [6, 6.07) is 11.9. The maximum absolute atomic E-state index is 13.6. The van der Waals surface area contributed by atoms with Crippen molar-refractivity contribution in [1.29, 1.82) is 0 Å². The Morgan fingerprint density at radius 1 is 1.05 bits per heavy atom. The second-order valence-electron chi connectivity index (χ2n) is 4.84. The van der Waals surface area contributed by atoms with Gasteiger partial charge in [0.2, 0.25) is 0 Å². The third-order valence-electron chi connectivity index (χ3n) is 3.26. The number of aryl methyl sites for hydroxylation is 2. The third-order valence-corrected chi connectivity index (χ3v) is 3.26. The molecule has 0 aliphatic carbocycles. The van der Waals surface area contributed by atoms with Gasteiger partial charge in [0.25, 0.3) is 0 Å². The summed E-state index contributed by atoms with van der Waals surface area (Å²) < 4.78 is 26.7. The van der Waals surface area contributed by atoms with Gasteiger partial charge in [-0.1, -0.05) is 30.3 Å². The Morgan fingerprint density at radius 3 is 2.45 bits per heavy atom. The van der Waals surface area contributed by atoms with Gasteiger partial charge >= 0.3 is 0 Å². The molecule has 0 bridgehead atoms. The van der Waals surface area contributed by atoms with E-state index in [0.29, 0.717) is 6.42 Å². The Kier molecular flexibility index (Phi) is 4.61. The number of benzene rings is 2. The lowest BCUT2D eigenvalue weighted by atomic mass is 10.0. The van der Waals surface area contributed by atoms with Crippen molar-refractivity contribution in [1.82, 2.24) is 0 Å². The molecule has 0 N–H and O–H groups in total. The zero-order valence-corrected chi connectivity index (χ0v) is 11.3. The van der Waals surface area contributed by atoms with Gasteiger partial charge in [-0.25, -0.2) is 8.78 Å². The van der Waals surface area contributed by atoms with Gasteiger partial charge in [-0.05, 0) is 37.0 Å². The fraction of sp³-hybridized carbons (Fsp3) is 0.235. The molecule has 0 heterocycles. The summed E-state index contributed by atoms with van der Waals surface area (Å²) in [5, 5.41) is 0. The van der Waals surface area contributed by atoms with Crippen LogP contribution in [0.3, 0.4) is 0 Å². The highest BCUT2D eigenvalue weighted by Crippen LogP contribution is 2.17. The van der Waals surface area contributed by atoms with Gasteiger partial charge in [-0.15, -0.1) is 0 Å². The first-order valence-corrected chi connectivity index (χ1v) is 6.60. The fourth-order valence-electron chi connectivity index (χ4n) is 2.10. The molecule has 104 valence electrons. The van der Waals surface area contributed by atoms with Gasteiger partial charge in [-0.2, -0.15) is 0 Å². The lowest BCUT2D eigenvalue weighted by Crippen LogP contribution is -2.05. The maximum Gasteiger partial charge on any atom is 0.165 e. The second-order valence-corrected chi connectivity index (χ2v) is 4.84.